The molecule has 0 spiro atoms. The number of hydrogen-bond acceptors (Lipinski definition) is 4. The molecule has 1 aromatic rings. The lowest BCUT2D eigenvalue weighted by Crippen LogP contribution is -2.27. The topological polar surface area (TPSA) is 79.9 Å². The lowest BCUT2D eigenvalue weighted by Gasteiger charge is -2.13. The standard InChI is InChI=1S/C11H16FN3O2/c1-7(11(13)15-16)6-14-10-5-8(17-2)3-4-9(10)12/h3-5,7,14,16H,6H2,1-2H3,(H2,13,15). The van der Waals surface area contributed by atoms with E-state index in [1.807, 2.05) is 0 Å². The number of methoxy groups -OCH3 is 1. The van der Waals surface area contributed by atoms with Crippen LogP contribution in [-0.2, 0) is 0 Å². The molecular weight excluding hydrogens is 225 g/mol. The van der Waals surface area contributed by atoms with Gasteiger partial charge in [0.1, 0.15) is 17.4 Å². The normalized spacial score (nSPS) is 13.2. The number of nitrogens with two attached hydrogens (primary N) is 1. The minimum atomic E-state index is -0.377. The number of rotatable bonds is 5. The van der Waals surface area contributed by atoms with Crippen LogP contribution in [0, 0.1) is 11.7 Å². The van der Waals surface area contributed by atoms with Crippen LogP contribution in [0.2, 0.25) is 0 Å². The summed E-state index contributed by atoms with van der Waals surface area (Å²) in [5.41, 5.74) is 5.74. The van der Waals surface area contributed by atoms with Gasteiger partial charge in [-0.3, -0.25) is 0 Å². The van der Waals surface area contributed by atoms with E-state index in [0.29, 0.717) is 18.0 Å². The number of anilines is 1. The monoisotopic (exact) mass is 241 g/mol. The highest BCUT2D eigenvalue weighted by Gasteiger charge is 2.09. The zero-order valence-corrected chi connectivity index (χ0v) is 9.77. The van der Waals surface area contributed by atoms with E-state index in [1.54, 1.807) is 13.0 Å². The fourth-order valence-corrected chi connectivity index (χ4v) is 1.23. The van der Waals surface area contributed by atoms with Crippen LogP contribution in [0.1, 0.15) is 6.92 Å². The van der Waals surface area contributed by atoms with Crippen LogP contribution in [-0.4, -0.2) is 24.7 Å². The third-order valence-corrected chi connectivity index (χ3v) is 2.39. The van der Waals surface area contributed by atoms with Gasteiger partial charge in [-0.1, -0.05) is 12.1 Å². The maximum absolute atomic E-state index is 13.4. The van der Waals surface area contributed by atoms with Gasteiger partial charge in [-0.25, -0.2) is 4.39 Å². The van der Waals surface area contributed by atoms with E-state index < -0.39 is 0 Å². The van der Waals surface area contributed by atoms with Crippen LogP contribution in [0.15, 0.2) is 23.4 Å². The van der Waals surface area contributed by atoms with Gasteiger partial charge in [0.2, 0.25) is 0 Å². The molecule has 0 amide bonds. The fraction of sp³-hybridized carbons (Fsp3) is 0.364. The molecule has 0 aliphatic carbocycles. The molecule has 0 radical (unpaired) electrons. The number of halogens is 1. The minimum absolute atomic E-state index is 0.0980. The van der Waals surface area contributed by atoms with Crippen molar-refractivity contribution in [3.05, 3.63) is 24.0 Å². The van der Waals surface area contributed by atoms with E-state index in [0.717, 1.165) is 0 Å². The highest BCUT2D eigenvalue weighted by molar-refractivity contribution is 5.82. The number of hydrogen-bond donors (Lipinski definition) is 3. The Bertz CT molecular complexity index is 410. The van der Waals surface area contributed by atoms with Crippen molar-refractivity contribution in [2.45, 2.75) is 6.92 Å². The van der Waals surface area contributed by atoms with Gasteiger partial charge >= 0.3 is 0 Å². The van der Waals surface area contributed by atoms with Crippen LogP contribution < -0.4 is 15.8 Å². The number of nitrogens with one attached hydrogen (secondary N) is 1. The SMILES string of the molecule is COc1ccc(F)c(NCC(C)C(N)=NO)c1. The fourth-order valence-electron chi connectivity index (χ4n) is 1.23. The third-order valence-electron chi connectivity index (χ3n) is 2.39. The molecule has 5 nitrogen and oxygen atoms in total. The molecule has 0 saturated carbocycles. The van der Waals surface area contributed by atoms with Crippen molar-refractivity contribution in [3.63, 3.8) is 0 Å². The van der Waals surface area contributed by atoms with E-state index >= 15 is 0 Å². The lowest BCUT2D eigenvalue weighted by molar-refractivity contribution is 0.315. The van der Waals surface area contributed by atoms with Crippen molar-refractivity contribution in [3.8, 4) is 5.75 Å². The van der Waals surface area contributed by atoms with Crippen molar-refractivity contribution in [1.29, 1.82) is 0 Å². The summed E-state index contributed by atoms with van der Waals surface area (Å²) in [6.45, 7) is 2.13. The molecule has 0 aliphatic rings. The smallest absolute Gasteiger partial charge is 0.146 e. The first-order valence-corrected chi connectivity index (χ1v) is 5.13. The number of nitrogens with zero attached hydrogens (tertiary/aromatic N) is 1. The van der Waals surface area contributed by atoms with Crippen molar-refractivity contribution in [2.24, 2.45) is 16.8 Å². The Labute approximate surface area is 99.1 Å². The lowest BCUT2D eigenvalue weighted by atomic mass is 10.1. The molecule has 0 aliphatic heterocycles. The molecule has 17 heavy (non-hydrogen) atoms. The average molecular weight is 241 g/mol. The number of ether oxygens (including phenoxy) is 1. The molecule has 1 aromatic carbocycles. The predicted octanol–water partition coefficient (Wildman–Crippen LogP) is 1.63. The van der Waals surface area contributed by atoms with E-state index in [-0.39, 0.29) is 17.6 Å². The van der Waals surface area contributed by atoms with Gasteiger partial charge in [0.05, 0.1) is 12.8 Å². The number of benzene rings is 1. The summed E-state index contributed by atoms with van der Waals surface area (Å²) in [6, 6.07) is 4.40. The molecule has 1 unspecified atom stereocenters. The summed E-state index contributed by atoms with van der Waals surface area (Å²) in [5, 5.41) is 14.2. The molecule has 6 heteroatoms. The third kappa shape index (κ3) is 3.51. The largest absolute Gasteiger partial charge is 0.497 e. The van der Waals surface area contributed by atoms with Crippen LogP contribution in [0.25, 0.3) is 0 Å². The van der Waals surface area contributed by atoms with E-state index in [9.17, 15) is 4.39 Å². The van der Waals surface area contributed by atoms with Crippen LogP contribution in [0.3, 0.4) is 0 Å². The maximum Gasteiger partial charge on any atom is 0.146 e. The zero-order chi connectivity index (χ0) is 12.8. The second-order valence-corrected chi connectivity index (χ2v) is 3.65. The van der Waals surface area contributed by atoms with Gasteiger partial charge in [0.15, 0.2) is 0 Å². The highest BCUT2D eigenvalue weighted by atomic mass is 19.1. The molecule has 4 N–H and O–H groups in total. The summed E-state index contributed by atoms with van der Waals surface area (Å²) < 4.78 is 18.4. The Morgan fingerprint density at radius 3 is 2.94 bits per heavy atom. The van der Waals surface area contributed by atoms with Gasteiger partial charge in [0, 0.05) is 18.5 Å². The predicted molar refractivity (Wildman–Crippen MR) is 64.0 cm³/mol. The van der Waals surface area contributed by atoms with Gasteiger partial charge in [0.25, 0.3) is 0 Å². The Kier molecular flexibility index (Phi) is 4.56. The van der Waals surface area contributed by atoms with Crippen molar-refractivity contribution in [2.75, 3.05) is 19.0 Å². The van der Waals surface area contributed by atoms with Gasteiger partial charge in [-0.15, -0.1) is 0 Å². The first-order valence-electron chi connectivity index (χ1n) is 5.13. The van der Waals surface area contributed by atoms with E-state index in [1.165, 1.54) is 19.2 Å². The molecule has 1 atom stereocenters. The van der Waals surface area contributed by atoms with Crippen LogP contribution in [0.5, 0.6) is 5.75 Å². The van der Waals surface area contributed by atoms with E-state index in [4.69, 9.17) is 15.7 Å². The molecule has 0 bridgehead atoms. The Hall–Kier alpha value is -1.98. The molecule has 1 rings (SSSR count). The molecule has 94 valence electrons. The van der Waals surface area contributed by atoms with Gasteiger partial charge < -0.3 is 21.0 Å². The number of oxime groups is 1. The minimum Gasteiger partial charge on any atom is -0.497 e. The van der Waals surface area contributed by atoms with Crippen LogP contribution >= 0.6 is 0 Å². The van der Waals surface area contributed by atoms with Gasteiger partial charge in [-0.2, -0.15) is 0 Å². The molecule has 0 heterocycles. The second kappa shape index (κ2) is 5.93. The molecular formula is C11H16FN3O2. The van der Waals surface area contributed by atoms with Crippen molar-refractivity contribution >= 4 is 11.5 Å². The summed E-state index contributed by atoms with van der Waals surface area (Å²) in [6.07, 6.45) is 0. The van der Waals surface area contributed by atoms with Crippen molar-refractivity contribution in [1.82, 2.24) is 0 Å². The summed E-state index contributed by atoms with van der Waals surface area (Å²) in [7, 11) is 1.51. The quantitative estimate of drug-likeness (QED) is 0.317. The number of amidine groups is 1. The average Bonchev–Trinajstić information content (AvgIpc) is 2.36. The first kappa shape index (κ1) is 13.1. The molecule has 0 saturated heterocycles. The highest BCUT2D eigenvalue weighted by Crippen LogP contribution is 2.21. The maximum atomic E-state index is 13.4. The Balaban J connectivity index is 2.68. The second-order valence-electron chi connectivity index (χ2n) is 3.65. The summed E-state index contributed by atoms with van der Waals surface area (Å²) in [5.74, 6) is 0.0780. The van der Waals surface area contributed by atoms with Gasteiger partial charge in [-0.05, 0) is 12.1 Å². The summed E-state index contributed by atoms with van der Waals surface area (Å²) >= 11 is 0. The van der Waals surface area contributed by atoms with E-state index in [2.05, 4.69) is 10.5 Å². The zero-order valence-electron chi connectivity index (χ0n) is 9.77. The Morgan fingerprint density at radius 2 is 2.35 bits per heavy atom. The van der Waals surface area contributed by atoms with Crippen molar-refractivity contribution < 1.29 is 14.3 Å². The Morgan fingerprint density at radius 1 is 1.65 bits per heavy atom. The molecule has 0 fully saturated rings. The first-order chi connectivity index (χ1) is 8.08. The molecule has 0 aromatic heterocycles. The van der Waals surface area contributed by atoms with Crippen LogP contribution in [0.4, 0.5) is 10.1 Å². The summed E-state index contributed by atoms with van der Waals surface area (Å²) in [4.78, 5) is 0.